The molecule has 0 radical (unpaired) electrons. The van der Waals surface area contributed by atoms with Crippen LogP contribution in [0.25, 0.3) is 0 Å². The first-order chi connectivity index (χ1) is 11.9. The summed E-state index contributed by atoms with van der Waals surface area (Å²) in [5.41, 5.74) is 1.61. The average Bonchev–Trinajstić information content (AvgIpc) is 3.04. The number of anilines is 2. The Morgan fingerprint density at radius 3 is 2.48 bits per heavy atom. The summed E-state index contributed by atoms with van der Waals surface area (Å²) in [6.07, 6.45) is 2.06. The Balaban J connectivity index is 2.21. The summed E-state index contributed by atoms with van der Waals surface area (Å²) in [5.74, 6) is -0.187. The highest BCUT2D eigenvalue weighted by atomic mass is 32.2. The molecule has 136 valence electrons. The van der Waals surface area contributed by atoms with Crippen LogP contribution in [0.5, 0.6) is 0 Å². The van der Waals surface area contributed by atoms with Crippen LogP contribution in [0, 0.1) is 6.92 Å². The number of aromatic nitrogens is 2. The van der Waals surface area contributed by atoms with Crippen molar-refractivity contribution in [1.29, 1.82) is 0 Å². The van der Waals surface area contributed by atoms with Crippen molar-refractivity contribution < 1.29 is 13.2 Å². The Bertz CT molecular complexity index is 816. The van der Waals surface area contributed by atoms with Gasteiger partial charge in [-0.1, -0.05) is 42.4 Å². The van der Waals surface area contributed by atoms with Crippen LogP contribution in [-0.4, -0.2) is 31.1 Å². The van der Waals surface area contributed by atoms with Crippen molar-refractivity contribution in [3.63, 3.8) is 0 Å². The van der Waals surface area contributed by atoms with Crippen molar-refractivity contribution in [3.8, 4) is 0 Å². The van der Waals surface area contributed by atoms with Gasteiger partial charge < -0.3 is 5.32 Å². The molecule has 0 saturated heterocycles. The van der Waals surface area contributed by atoms with Gasteiger partial charge in [0.05, 0.1) is 5.69 Å². The number of sulfonamides is 1. The monoisotopic (exact) mass is 382 g/mol. The molecule has 0 unspecified atom stereocenters. The Morgan fingerprint density at radius 2 is 1.88 bits per heavy atom. The predicted molar refractivity (Wildman–Crippen MR) is 99.4 cm³/mol. The molecule has 0 aliphatic rings. The van der Waals surface area contributed by atoms with Crippen LogP contribution in [0.1, 0.15) is 38.7 Å². The van der Waals surface area contributed by atoms with E-state index in [-0.39, 0.29) is 21.9 Å². The Morgan fingerprint density at radius 1 is 1.20 bits per heavy atom. The summed E-state index contributed by atoms with van der Waals surface area (Å²) >= 11 is 0.859. The van der Waals surface area contributed by atoms with Crippen molar-refractivity contribution in [1.82, 2.24) is 10.2 Å². The smallest absolute Gasteiger partial charge is 0.293 e. The van der Waals surface area contributed by atoms with Crippen molar-refractivity contribution in [3.05, 3.63) is 29.8 Å². The van der Waals surface area contributed by atoms with Crippen LogP contribution in [0.3, 0.4) is 0 Å². The maximum absolute atomic E-state index is 12.8. The molecule has 0 spiro atoms. The molecular formula is C16H22N4O3S2. The molecule has 1 amide bonds. The van der Waals surface area contributed by atoms with Crippen LogP contribution in [0.15, 0.2) is 28.6 Å². The fraction of sp³-hybridized carbons (Fsp3) is 0.438. The quantitative estimate of drug-likeness (QED) is 0.708. The molecule has 1 aromatic heterocycles. The summed E-state index contributed by atoms with van der Waals surface area (Å²) in [6.45, 7) is 5.95. The van der Waals surface area contributed by atoms with Gasteiger partial charge in [-0.2, -0.15) is 8.42 Å². The van der Waals surface area contributed by atoms with Crippen LogP contribution < -0.4 is 9.62 Å². The van der Waals surface area contributed by atoms with Crippen molar-refractivity contribution in [2.24, 2.45) is 0 Å². The standard InChI is InChI=1S/C16H22N4O3S2/c1-4-6-7-14(21)17-15-18-19-16(24-15)25(22,23)20(5-2)13-10-8-12(3)9-11-13/h8-11H,4-7H2,1-3H3,(H,17,18,21). The highest BCUT2D eigenvalue weighted by Gasteiger charge is 2.28. The van der Waals surface area contributed by atoms with E-state index in [9.17, 15) is 13.2 Å². The molecule has 0 aliphatic carbocycles. The number of aryl methyl sites for hydroxylation is 1. The molecule has 0 fully saturated rings. The zero-order valence-electron chi connectivity index (χ0n) is 14.5. The number of amides is 1. The average molecular weight is 383 g/mol. The largest absolute Gasteiger partial charge is 0.301 e. The maximum Gasteiger partial charge on any atom is 0.293 e. The third kappa shape index (κ3) is 4.76. The molecule has 0 saturated carbocycles. The van der Waals surface area contributed by atoms with E-state index in [2.05, 4.69) is 15.5 Å². The fourth-order valence-corrected chi connectivity index (χ4v) is 4.67. The van der Waals surface area contributed by atoms with Gasteiger partial charge in [0.2, 0.25) is 11.0 Å². The summed E-state index contributed by atoms with van der Waals surface area (Å²) in [7, 11) is -3.82. The molecule has 0 bridgehead atoms. The Kier molecular flexibility index (Phi) is 6.49. The second-order valence-corrected chi connectivity index (χ2v) is 8.54. The number of nitrogens with zero attached hydrogens (tertiary/aromatic N) is 3. The third-order valence-corrected chi connectivity index (χ3v) is 6.62. The lowest BCUT2D eigenvalue weighted by Gasteiger charge is -2.21. The lowest BCUT2D eigenvalue weighted by Crippen LogP contribution is -2.30. The van der Waals surface area contributed by atoms with E-state index in [0.717, 1.165) is 29.7 Å². The SMILES string of the molecule is CCCCC(=O)Nc1nnc(S(=O)(=O)N(CC)c2ccc(C)cc2)s1. The number of unbranched alkanes of at least 4 members (excludes halogenated alkanes) is 1. The minimum atomic E-state index is -3.82. The van der Waals surface area contributed by atoms with Gasteiger partial charge in [0, 0.05) is 13.0 Å². The van der Waals surface area contributed by atoms with Crippen molar-refractivity contribution >= 4 is 38.1 Å². The first-order valence-electron chi connectivity index (χ1n) is 8.11. The second-order valence-electron chi connectivity index (χ2n) is 5.53. The molecule has 1 heterocycles. The summed E-state index contributed by atoms with van der Waals surface area (Å²) in [6, 6.07) is 7.22. The molecule has 1 aromatic carbocycles. The lowest BCUT2D eigenvalue weighted by atomic mass is 10.2. The number of carbonyl (C=O) groups excluding carboxylic acids is 1. The molecule has 1 N–H and O–H groups in total. The van der Waals surface area contributed by atoms with E-state index in [0.29, 0.717) is 12.1 Å². The van der Waals surface area contributed by atoms with E-state index in [4.69, 9.17) is 0 Å². The van der Waals surface area contributed by atoms with E-state index in [1.54, 1.807) is 19.1 Å². The van der Waals surface area contributed by atoms with Gasteiger partial charge >= 0.3 is 0 Å². The summed E-state index contributed by atoms with van der Waals surface area (Å²) < 4.78 is 26.8. The molecule has 0 aliphatic heterocycles. The minimum Gasteiger partial charge on any atom is -0.301 e. The highest BCUT2D eigenvalue weighted by Crippen LogP contribution is 2.27. The zero-order valence-corrected chi connectivity index (χ0v) is 16.2. The van der Waals surface area contributed by atoms with Gasteiger partial charge in [-0.3, -0.25) is 9.10 Å². The van der Waals surface area contributed by atoms with Gasteiger partial charge in [0.1, 0.15) is 0 Å². The first-order valence-corrected chi connectivity index (χ1v) is 10.4. The number of carbonyl (C=O) groups is 1. The van der Waals surface area contributed by atoms with Crippen molar-refractivity contribution in [2.45, 2.75) is 44.4 Å². The van der Waals surface area contributed by atoms with E-state index >= 15 is 0 Å². The fourth-order valence-electron chi connectivity index (χ4n) is 2.18. The predicted octanol–water partition coefficient (Wildman–Crippen LogP) is 3.19. The van der Waals surface area contributed by atoms with Crippen LogP contribution >= 0.6 is 11.3 Å². The van der Waals surface area contributed by atoms with Crippen LogP contribution in [0.4, 0.5) is 10.8 Å². The van der Waals surface area contributed by atoms with Crippen LogP contribution in [-0.2, 0) is 14.8 Å². The molecule has 7 nitrogen and oxygen atoms in total. The molecular weight excluding hydrogens is 360 g/mol. The van der Waals surface area contributed by atoms with Crippen molar-refractivity contribution in [2.75, 3.05) is 16.2 Å². The highest BCUT2D eigenvalue weighted by molar-refractivity contribution is 7.94. The van der Waals surface area contributed by atoms with Gasteiger partial charge in [0.25, 0.3) is 14.4 Å². The number of hydrogen-bond acceptors (Lipinski definition) is 6. The molecule has 0 atom stereocenters. The Labute approximate surface area is 152 Å². The number of nitrogens with one attached hydrogen (secondary N) is 1. The van der Waals surface area contributed by atoms with Gasteiger partial charge in [-0.05, 0) is 32.4 Å². The molecule has 9 heteroatoms. The molecule has 2 rings (SSSR count). The summed E-state index contributed by atoms with van der Waals surface area (Å²) in [5, 5.41) is 10.3. The minimum absolute atomic E-state index is 0.138. The molecule has 2 aromatic rings. The number of rotatable bonds is 8. The Hall–Kier alpha value is -2.00. The van der Waals surface area contributed by atoms with Gasteiger partial charge in [-0.25, -0.2) is 0 Å². The number of hydrogen-bond donors (Lipinski definition) is 1. The van der Waals surface area contributed by atoms with E-state index in [1.165, 1.54) is 4.31 Å². The van der Waals surface area contributed by atoms with E-state index < -0.39 is 10.0 Å². The first kappa shape index (κ1) is 19.3. The van der Waals surface area contributed by atoms with Gasteiger partial charge in [-0.15, -0.1) is 10.2 Å². The summed E-state index contributed by atoms with van der Waals surface area (Å²) in [4.78, 5) is 11.7. The lowest BCUT2D eigenvalue weighted by molar-refractivity contribution is -0.116. The number of benzene rings is 1. The third-order valence-electron chi connectivity index (χ3n) is 3.53. The van der Waals surface area contributed by atoms with Crippen LogP contribution in [0.2, 0.25) is 0 Å². The van der Waals surface area contributed by atoms with Gasteiger partial charge in [0.15, 0.2) is 0 Å². The molecule has 25 heavy (non-hydrogen) atoms. The second kappa shape index (κ2) is 8.39. The topological polar surface area (TPSA) is 92.3 Å². The normalized spacial score (nSPS) is 11.3. The zero-order chi connectivity index (χ0) is 18.4. The maximum atomic E-state index is 12.8. The van der Waals surface area contributed by atoms with E-state index in [1.807, 2.05) is 26.0 Å².